The Labute approximate surface area is 124 Å². The van der Waals surface area contributed by atoms with Gasteiger partial charge in [0.05, 0.1) is 4.47 Å². The summed E-state index contributed by atoms with van der Waals surface area (Å²) in [6, 6.07) is 11.4. The predicted octanol–water partition coefficient (Wildman–Crippen LogP) is 3.49. The molecule has 2 aromatic rings. The van der Waals surface area contributed by atoms with Crippen LogP contribution in [0.5, 0.6) is 0 Å². The number of nitrogen functional groups attached to an aromatic ring is 1. The normalized spacial score (nSPS) is 11.3. The van der Waals surface area contributed by atoms with Crippen LogP contribution in [-0.2, 0) is 10.0 Å². The van der Waals surface area contributed by atoms with Crippen LogP contribution in [0.4, 0.5) is 11.4 Å². The van der Waals surface area contributed by atoms with Crippen LogP contribution < -0.4 is 10.5 Å². The fourth-order valence-corrected chi connectivity index (χ4v) is 3.85. The van der Waals surface area contributed by atoms with Crippen molar-refractivity contribution in [2.45, 2.75) is 4.90 Å². The van der Waals surface area contributed by atoms with Crippen LogP contribution >= 0.6 is 27.5 Å². The summed E-state index contributed by atoms with van der Waals surface area (Å²) in [5.41, 5.74) is 6.42. The minimum absolute atomic E-state index is 0.00125. The van der Waals surface area contributed by atoms with Gasteiger partial charge in [0.1, 0.15) is 4.90 Å². The number of halogens is 2. The van der Waals surface area contributed by atoms with E-state index in [0.29, 0.717) is 10.2 Å². The van der Waals surface area contributed by atoms with Crippen molar-refractivity contribution in [1.29, 1.82) is 0 Å². The first-order chi connectivity index (χ1) is 8.90. The predicted molar refractivity (Wildman–Crippen MR) is 80.8 cm³/mol. The molecule has 0 saturated carbocycles. The molecule has 0 aromatic heterocycles. The second-order valence-corrected chi connectivity index (χ2v) is 6.66. The molecule has 0 aliphatic carbocycles. The molecule has 19 heavy (non-hydrogen) atoms. The van der Waals surface area contributed by atoms with E-state index in [9.17, 15) is 8.42 Å². The topological polar surface area (TPSA) is 72.2 Å². The van der Waals surface area contributed by atoms with Gasteiger partial charge in [-0.15, -0.1) is 0 Å². The van der Waals surface area contributed by atoms with Crippen LogP contribution in [0.25, 0.3) is 0 Å². The highest BCUT2D eigenvalue weighted by molar-refractivity contribution is 9.10. The number of nitrogens with one attached hydrogen (secondary N) is 1. The largest absolute Gasteiger partial charge is 0.398 e. The fraction of sp³-hybridized carbons (Fsp3) is 0. The molecule has 0 saturated heterocycles. The van der Waals surface area contributed by atoms with Gasteiger partial charge in [0.2, 0.25) is 0 Å². The number of rotatable bonds is 3. The average Bonchev–Trinajstić information content (AvgIpc) is 2.34. The van der Waals surface area contributed by atoms with Crippen molar-refractivity contribution in [1.82, 2.24) is 0 Å². The highest BCUT2D eigenvalue weighted by Crippen LogP contribution is 2.32. The van der Waals surface area contributed by atoms with Crippen molar-refractivity contribution in [3.8, 4) is 0 Å². The third kappa shape index (κ3) is 3.20. The van der Waals surface area contributed by atoms with Crippen molar-refractivity contribution >= 4 is 48.9 Å². The van der Waals surface area contributed by atoms with Crippen molar-refractivity contribution in [2.24, 2.45) is 0 Å². The van der Waals surface area contributed by atoms with Crippen molar-refractivity contribution in [2.75, 3.05) is 10.5 Å². The molecule has 0 spiro atoms. The van der Waals surface area contributed by atoms with Gasteiger partial charge >= 0.3 is 0 Å². The molecule has 0 fully saturated rings. The number of nitrogens with two attached hydrogens (primary N) is 1. The lowest BCUT2D eigenvalue weighted by molar-refractivity contribution is 0.601. The number of hydrogen-bond donors (Lipinski definition) is 2. The Kier molecular flexibility index (Phi) is 4.03. The number of anilines is 2. The van der Waals surface area contributed by atoms with Gasteiger partial charge in [0, 0.05) is 16.4 Å². The quantitative estimate of drug-likeness (QED) is 0.822. The first-order valence-electron chi connectivity index (χ1n) is 5.22. The molecule has 0 heterocycles. The first kappa shape index (κ1) is 14.2. The Morgan fingerprint density at radius 3 is 2.42 bits per heavy atom. The molecule has 0 aliphatic heterocycles. The van der Waals surface area contributed by atoms with Crippen LogP contribution in [0, 0.1) is 0 Å². The zero-order chi connectivity index (χ0) is 14.0. The molecule has 3 N–H and O–H groups in total. The Morgan fingerprint density at radius 1 is 1.16 bits per heavy atom. The Hall–Kier alpha value is -1.24. The molecule has 0 bridgehead atoms. The minimum atomic E-state index is -3.75. The van der Waals surface area contributed by atoms with E-state index >= 15 is 0 Å². The fourth-order valence-electron chi connectivity index (χ4n) is 1.50. The van der Waals surface area contributed by atoms with Gasteiger partial charge in [-0.05, 0) is 40.2 Å². The molecule has 2 rings (SSSR count). The molecule has 0 radical (unpaired) electrons. The monoisotopic (exact) mass is 360 g/mol. The van der Waals surface area contributed by atoms with E-state index in [4.69, 9.17) is 17.3 Å². The van der Waals surface area contributed by atoms with Gasteiger partial charge < -0.3 is 5.73 Å². The molecular weight excluding hydrogens is 352 g/mol. The maximum atomic E-state index is 12.3. The maximum Gasteiger partial charge on any atom is 0.263 e. The van der Waals surface area contributed by atoms with Crippen LogP contribution in [0.15, 0.2) is 51.8 Å². The molecule has 2 aromatic carbocycles. The standard InChI is InChI=1S/C12H10BrClN2O2S/c13-12-10(15)6-8(14)7-11(12)19(17,18)16-9-4-2-1-3-5-9/h1-7,16H,15H2. The number of hydrogen-bond acceptors (Lipinski definition) is 3. The SMILES string of the molecule is Nc1cc(Cl)cc(S(=O)(=O)Nc2ccccc2)c1Br. The van der Waals surface area contributed by atoms with Crippen LogP contribution in [0.2, 0.25) is 5.02 Å². The molecular formula is C12H10BrClN2O2S. The molecule has 4 nitrogen and oxygen atoms in total. The number of benzene rings is 2. The highest BCUT2D eigenvalue weighted by atomic mass is 79.9. The van der Waals surface area contributed by atoms with Gasteiger partial charge in [-0.2, -0.15) is 0 Å². The second-order valence-electron chi connectivity index (χ2n) is 3.78. The van der Waals surface area contributed by atoms with E-state index in [1.807, 2.05) is 0 Å². The number of para-hydroxylation sites is 1. The van der Waals surface area contributed by atoms with Crippen LogP contribution in [-0.4, -0.2) is 8.42 Å². The van der Waals surface area contributed by atoms with Gasteiger partial charge in [-0.25, -0.2) is 8.42 Å². The Morgan fingerprint density at radius 2 is 1.79 bits per heavy atom. The van der Waals surface area contributed by atoms with Crippen LogP contribution in [0.3, 0.4) is 0 Å². The molecule has 0 amide bonds. The van der Waals surface area contributed by atoms with Gasteiger partial charge in [0.15, 0.2) is 0 Å². The van der Waals surface area contributed by atoms with E-state index in [0.717, 1.165) is 0 Å². The van der Waals surface area contributed by atoms with Crippen molar-refractivity contribution in [3.05, 3.63) is 52.0 Å². The van der Waals surface area contributed by atoms with Crippen molar-refractivity contribution < 1.29 is 8.42 Å². The summed E-state index contributed by atoms with van der Waals surface area (Å²) in [5, 5.41) is 0.258. The van der Waals surface area contributed by atoms with E-state index < -0.39 is 10.0 Å². The van der Waals surface area contributed by atoms with Gasteiger partial charge in [0.25, 0.3) is 10.0 Å². The zero-order valence-corrected chi connectivity index (χ0v) is 12.8. The Bertz CT molecular complexity index is 705. The summed E-state index contributed by atoms with van der Waals surface area (Å²) < 4.78 is 27.3. The number of sulfonamides is 1. The van der Waals surface area contributed by atoms with Gasteiger partial charge in [-0.1, -0.05) is 29.8 Å². The first-order valence-corrected chi connectivity index (χ1v) is 7.88. The molecule has 0 unspecified atom stereocenters. The van der Waals surface area contributed by atoms with Crippen molar-refractivity contribution in [3.63, 3.8) is 0 Å². The Balaban J connectivity index is 2.46. The lowest BCUT2D eigenvalue weighted by atomic mass is 10.3. The van der Waals surface area contributed by atoms with E-state index in [-0.39, 0.29) is 15.6 Å². The third-order valence-corrected chi connectivity index (χ3v) is 5.12. The summed E-state index contributed by atoms with van der Waals surface area (Å²) in [6.45, 7) is 0. The maximum absolute atomic E-state index is 12.3. The molecule has 7 heteroatoms. The van der Waals surface area contributed by atoms with E-state index in [2.05, 4.69) is 20.7 Å². The summed E-state index contributed by atoms with van der Waals surface area (Å²) in [4.78, 5) is 0.00125. The molecule has 100 valence electrons. The highest BCUT2D eigenvalue weighted by Gasteiger charge is 2.20. The van der Waals surface area contributed by atoms with E-state index in [1.54, 1.807) is 30.3 Å². The second kappa shape index (κ2) is 5.40. The summed E-state index contributed by atoms with van der Waals surface area (Å²) >= 11 is 9.00. The lowest BCUT2D eigenvalue weighted by Gasteiger charge is -2.11. The zero-order valence-electron chi connectivity index (χ0n) is 9.60. The van der Waals surface area contributed by atoms with Gasteiger partial charge in [-0.3, -0.25) is 4.72 Å². The van der Waals surface area contributed by atoms with Crippen LogP contribution in [0.1, 0.15) is 0 Å². The molecule has 0 atom stereocenters. The lowest BCUT2D eigenvalue weighted by Crippen LogP contribution is -2.14. The summed E-state index contributed by atoms with van der Waals surface area (Å²) in [7, 11) is -3.75. The smallest absolute Gasteiger partial charge is 0.263 e. The van der Waals surface area contributed by atoms with E-state index in [1.165, 1.54) is 12.1 Å². The summed E-state index contributed by atoms with van der Waals surface area (Å²) in [5.74, 6) is 0. The summed E-state index contributed by atoms with van der Waals surface area (Å²) in [6.07, 6.45) is 0. The molecule has 0 aliphatic rings. The average molecular weight is 362 g/mol. The minimum Gasteiger partial charge on any atom is -0.398 e. The third-order valence-electron chi connectivity index (χ3n) is 2.35.